The van der Waals surface area contributed by atoms with E-state index < -0.39 is 0 Å². The summed E-state index contributed by atoms with van der Waals surface area (Å²) in [7, 11) is 0. The molecule has 0 bridgehead atoms. The van der Waals surface area contributed by atoms with Crippen LogP contribution in [0.15, 0.2) is 29.2 Å². The Hall–Kier alpha value is -1.24. The number of para-hydroxylation sites is 1. The molecular weight excluding hydrogens is 322 g/mol. The summed E-state index contributed by atoms with van der Waals surface area (Å²) < 4.78 is 5.44. The predicted molar refractivity (Wildman–Crippen MR) is 101 cm³/mol. The van der Waals surface area contributed by atoms with Crippen LogP contribution in [0.4, 0.5) is 10.5 Å². The van der Waals surface area contributed by atoms with E-state index in [9.17, 15) is 4.79 Å². The lowest BCUT2D eigenvalue weighted by atomic mass is 10.0. The summed E-state index contributed by atoms with van der Waals surface area (Å²) in [6.07, 6.45) is 3.08. The van der Waals surface area contributed by atoms with Crippen molar-refractivity contribution in [1.82, 2.24) is 10.2 Å². The van der Waals surface area contributed by atoms with Crippen molar-refractivity contribution in [3.8, 4) is 0 Å². The number of carbonyl (C=O) groups excluding carboxylic acids is 1. The van der Waals surface area contributed by atoms with Crippen LogP contribution in [-0.4, -0.2) is 56.1 Å². The molecule has 5 nitrogen and oxygen atoms in total. The normalized spacial score (nSPS) is 16.8. The minimum absolute atomic E-state index is 0.140. The molecule has 0 saturated carbocycles. The van der Waals surface area contributed by atoms with Crippen LogP contribution >= 0.6 is 11.8 Å². The molecule has 0 spiro atoms. The van der Waals surface area contributed by atoms with Gasteiger partial charge in [0.05, 0.1) is 18.9 Å². The molecular formula is C18H29N3O2S. The number of nitrogens with zero attached hydrogens (tertiary/aromatic N) is 1. The Balaban J connectivity index is 1.89. The zero-order chi connectivity index (χ0) is 17.4. The Morgan fingerprint density at radius 1 is 1.29 bits per heavy atom. The Morgan fingerprint density at radius 2 is 2.00 bits per heavy atom. The van der Waals surface area contributed by atoms with Crippen molar-refractivity contribution >= 4 is 23.5 Å². The van der Waals surface area contributed by atoms with E-state index >= 15 is 0 Å². The molecule has 0 aromatic heterocycles. The second-order valence-electron chi connectivity index (χ2n) is 6.47. The maximum atomic E-state index is 12.3. The fraction of sp³-hybridized carbons (Fsp3) is 0.611. The van der Waals surface area contributed by atoms with E-state index in [1.807, 2.05) is 30.5 Å². The Morgan fingerprint density at radius 3 is 2.67 bits per heavy atom. The molecule has 1 saturated heterocycles. The van der Waals surface area contributed by atoms with Gasteiger partial charge in [-0.3, -0.25) is 4.90 Å². The van der Waals surface area contributed by atoms with Gasteiger partial charge in [-0.1, -0.05) is 26.0 Å². The fourth-order valence-electron chi connectivity index (χ4n) is 2.97. The van der Waals surface area contributed by atoms with Gasteiger partial charge in [0.25, 0.3) is 0 Å². The van der Waals surface area contributed by atoms with Gasteiger partial charge in [0.2, 0.25) is 0 Å². The quantitative estimate of drug-likeness (QED) is 0.740. The minimum Gasteiger partial charge on any atom is -0.379 e. The van der Waals surface area contributed by atoms with Gasteiger partial charge in [-0.2, -0.15) is 0 Å². The number of anilines is 1. The van der Waals surface area contributed by atoms with E-state index in [0.29, 0.717) is 18.5 Å². The first-order chi connectivity index (χ1) is 11.6. The molecule has 6 heteroatoms. The lowest BCUT2D eigenvalue weighted by Crippen LogP contribution is -2.49. The van der Waals surface area contributed by atoms with E-state index in [4.69, 9.17) is 4.74 Å². The van der Waals surface area contributed by atoms with Crippen molar-refractivity contribution in [1.29, 1.82) is 0 Å². The van der Waals surface area contributed by atoms with Crippen LogP contribution < -0.4 is 10.6 Å². The first kappa shape index (κ1) is 19.1. The second kappa shape index (κ2) is 9.91. The lowest BCUT2D eigenvalue weighted by Gasteiger charge is -2.35. The van der Waals surface area contributed by atoms with Crippen molar-refractivity contribution in [2.75, 3.05) is 44.4 Å². The highest BCUT2D eigenvalue weighted by Gasteiger charge is 2.22. The fourth-order valence-corrected chi connectivity index (χ4v) is 3.53. The smallest absolute Gasteiger partial charge is 0.319 e. The molecule has 1 aromatic rings. The van der Waals surface area contributed by atoms with Gasteiger partial charge in [-0.25, -0.2) is 4.79 Å². The van der Waals surface area contributed by atoms with Crippen molar-refractivity contribution < 1.29 is 9.53 Å². The molecule has 1 unspecified atom stereocenters. The van der Waals surface area contributed by atoms with Crippen LogP contribution in [0.1, 0.15) is 20.3 Å². The summed E-state index contributed by atoms with van der Waals surface area (Å²) in [5.41, 5.74) is 0.856. The third-order valence-corrected chi connectivity index (χ3v) is 4.95. The summed E-state index contributed by atoms with van der Waals surface area (Å²) in [5.74, 6) is 0.597. The van der Waals surface area contributed by atoms with Crippen LogP contribution in [0, 0.1) is 5.92 Å². The first-order valence-electron chi connectivity index (χ1n) is 8.59. The lowest BCUT2D eigenvalue weighted by molar-refractivity contribution is 0.0130. The van der Waals surface area contributed by atoms with Crippen LogP contribution in [0.5, 0.6) is 0 Å². The van der Waals surface area contributed by atoms with Gasteiger partial charge < -0.3 is 15.4 Å². The molecule has 2 amide bonds. The highest BCUT2D eigenvalue weighted by atomic mass is 32.2. The number of morpholine rings is 1. The number of urea groups is 1. The molecule has 0 aliphatic carbocycles. The molecule has 1 aliphatic heterocycles. The SMILES string of the molecule is CSc1ccccc1NC(=O)NCC(CC(C)C)N1CCOCC1. The Bertz CT molecular complexity index is 519. The molecule has 0 radical (unpaired) electrons. The third-order valence-electron chi connectivity index (χ3n) is 4.16. The van der Waals surface area contributed by atoms with Crippen LogP contribution in [0.3, 0.4) is 0 Å². The predicted octanol–water partition coefficient (Wildman–Crippen LogP) is 3.28. The maximum Gasteiger partial charge on any atom is 0.319 e. The van der Waals surface area contributed by atoms with E-state index in [1.54, 1.807) is 11.8 Å². The van der Waals surface area contributed by atoms with Gasteiger partial charge in [-0.05, 0) is 30.7 Å². The molecule has 2 rings (SSSR count). The van der Waals surface area contributed by atoms with Crippen LogP contribution in [0.2, 0.25) is 0 Å². The summed E-state index contributed by atoms with van der Waals surface area (Å²) in [4.78, 5) is 15.8. The summed E-state index contributed by atoms with van der Waals surface area (Å²) >= 11 is 1.63. The van der Waals surface area contributed by atoms with Crippen LogP contribution in [0.25, 0.3) is 0 Å². The monoisotopic (exact) mass is 351 g/mol. The van der Waals surface area contributed by atoms with E-state index in [2.05, 4.69) is 29.4 Å². The van der Waals surface area contributed by atoms with Crippen molar-refractivity contribution in [2.45, 2.75) is 31.2 Å². The van der Waals surface area contributed by atoms with Crippen LogP contribution in [-0.2, 0) is 4.74 Å². The molecule has 2 N–H and O–H groups in total. The molecule has 1 aromatic carbocycles. The van der Waals surface area contributed by atoms with Crippen molar-refractivity contribution in [3.05, 3.63) is 24.3 Å². The zero-order valence-corrected chi connectivity index (χ0v) is 15.7. The van der Waals surface area contributed by atoms with E-state index in [1.165, 1.54) is 0 Å². The summed E-state index contributed by atoms with van der Waals surface area (Å²) in [5, 5.41) is 6.00. The molecule has 134 valence electrons. The zero-order valence-electron chi connectivity index (χ0n) is 14.9. The Labute approximate surface area is 149 Å². The third kappa shape index (κ3) is 6.00. The largest absolute Gasteiger partial charge is 0.379 e. The average Bonchev–Trinajstić information content (AvgIpc) is 2.59. The average molecular weight is 352 g/mol. The number of hydrogen-bond donors (Lipinski definition) is 2. The number of hydrogen-bond acceptors (Lipinski definition) is 4. The Kier molecular flexibility index (Phi) is 7.88. The van der Waals surface area contributed by atoms with Gasteiger partial charge in [0.1, 0.15) is 0 Å². The number of benzene rings is 1. The molecule has 1 aliphatic rings. The summed E-state index contributed by atoms with van der Waals surface area (Å²) in [6, 6.07) is 8.07. The number of carbonyl (C=O) groups is 1. The van der Waals surface area contributed by atoms with Gasteiger partial charge in [0, 0.05) is 30.6 Å². The first-order valence-corrected chi connectivity index (χ1v) is 9.82. The maximum absolute atomic E-state index is 12.3. The molecule has 24 heavy (non-hydrogen) atoms. The van der Waals surface area contributed by atoms with E-state index in [-0.39, 0.29) is 6.03 Å². The van der Waals surface area contributed by atoms with E-state index in [0.717, 1.165) is 43.3 Å². The van der Waals surface area contributed by atoms with Gasteiger partial charge in [-0.15, -0.1) is 11.8 Å². The van der Waals surface area contributed by atoms with Crippen molar-refractivity contribution in [3.63, 3.8) is 0 Å². The number of rotatable bonds is 7. The second-order valence-corrected chi connectivity index (χ2v) is 7.32. The van der Waals surface area contributed by atoms with Gasteiger partial charge >= 0.3 is 6.03 Å². The topological polar surface area (TPSA) is 53.6 Å². The molecule has 1 fully saturated rings. The van der Waals surface area contributed by atoms with Gasteiger partial charge in [0.15, 0.2) is 0 Å². The minimum atomic E-state index is -0.140. The summed E-state index contributed by atoms with van der Waals surface area (Å²) in [6.45, 7) is 8.55. The highest BCUT2D eigenvalue weighted by Crippen LogP contribution is 2.24. The highest BCUT2D eigenvalue weighted by molar-refractivity contribution is 7.98. The number of amides is 2. The number of nitrogens with one attached hydrogen (secondary N) is 2. The van der Waals surface area contributed by atoms with Crippen molar-refractivity contribution in [2.24, 2.45) is 5.92 Å². The number of ether oxygens (including phenoxy) is 1. The number of thioether (sulfide) groups is 1. The molecule has 1 heterocycles. The molecule has 1 atom stereocenters. The standard InChI is InChI=1S/C18H29N3O2S/c1-14(2)12-15(21-8-10-23-11-9-21)13-19-18(22)20-16-6-4-5-7-17(16)24-3/h4-7,14-15H,8-13H2,1-3H3,(H2,19,20,22).